The van der Waals surface area contributed by atoms with Gasteiger partial charge in [0.1, 0.15) is 17.8 Å². The molecule has 1 amide bonds. The Morgan fingerprint density at radius 3 is 2.86 bits per heavy atom. The number of carbonyl (C=O) groups excluding carboxylic acids is 2. The van der Waals surface area contributed by atoms with E-state index in [0.29, 0.717) is 43.3 Å². The van der Waals surface area contributed by atoms with Gasteiger partial charge in [-0.25, -0.2) is 4.21 Å². The minimum atomic E-state index is -3.16. The first-order valence-electron chi connectivity index (χ1n) is 17.7. The summed E-state index contributed by atoms with van der Waals surface area (Å²) in [6.07, 6.45) is 14.5. The normalized spacial score (nSPS) is 29.1. The lowest BCUT2D eigenvalue weighted by Gasteiger charge is -2.46. The SMILES string of the molecule is CO[C@H]1/C=C/CCC[S@@](=O)(CC(=O)CCc2cnoc2)=NC(=O)c2ccc3c(c2)N(C[C@@H]2CC[C@H]21)C[C@@]1(CCCc2cc(C)ccc21)CO3. The highest BCUT2D eigenvalue weighted by molar-refractivity contribution is 7.94. The summed E-state index contributed by atoms with van der Waals surface area (Å²) in [7, 11) is -1.38. The van der Waals surface area contributed by atoms with Crippen LogP contribution in [0.5, 0.6) is 5.75 Å². The third kappa shape index (κ3) is 7.26. The molecule has 1 saturated carbocycles. The summed E-state index contributed by atoms with van der Waals surface area (Å²) in [5, 5.41) is 3.69. The van der Waals surface area contributed by atoms with Crippen molar-refractivity contribution in [2.45, 2.75) is 76.2 Å². The Balaban J connectivity index is 1.25. The van der Waals surface area contributed by atoms with Crippen LogP contribution < -0.4 is 9.64 Å². The quantitative estimate of drug-likeness (QED) is 0.265. The molecule has 2 aliphatic heterocycles. The molecule has 5 atom stereocenters. The van der Waals surface area contributed by atoms with Crippen molar-refractivity contribution in [3.63, 3.8) is 0 Å². The van der Waals surface area contributed by atoms with Crippen LogP contribution in [0.25, 0.3) is 0 Å². The number of ether oxygens (including phenoxy) is 2. The predicted molar refractivity (Wildman–Crippen MR) is 190 cm³/mol. The van der Waals surface area contributed by atoms with E-state index < -0.39 is 15.6 Å². The number of aryl methyl sites for hydroxylation is 3. The molecule has 3 heterocycles. The van der Waals surface area contributed by atoms with Crippen LogP contribution in [0.1, 0.15) is 77.6 Å². The van der Waals surface area contributed by atoms with Gasteiger partial charge < -0.3 is 18.9 Å². The van der Waals surface area contributed by atoms with Gasteiger partial charge in [-0.05, 0) is 99.5 Å². The molecule has 1 spiro atoms. The molecule has 2 bridgehead atoms. The van der Waals surface area contributed by atoms with E-state index in [0.717, 1.165) is 62.2 Å². The lowest BCUT2D eigenvalue weighted by molar-refractivity contribution is -0.116. The number of benzene rings is 2. The lowest BCUT2D eigenvalue weighted by Crippen LogP contribution is -2.49. The zero-order valence-corrected chi connectivity index (χ0v) is 29.4. The molecule has 4 aliphatic rings. The van der Waals surface area contributed by atoms with E-state index in [1.54, 1.807) is 19.4 Å². The fourth-order valence-electron chi connectivity index (χ4n) is 8.31. The van der Waals surface area contributed by atoms with Gasteiger partial charge in [0.25, 0.3) is 5.91 Å². The number of carbonyl (C=O) groups is 2. The monoisotopic (exact) mass is 685 g/mol. The summed E-state index contributed by atoms with van der Waals surface area (Å²) in [5.41, 5.74) is 5.89. The molecule has 0 N–H and O–H groups in total. The van der Waals surface area contributed by atoms with Crippen molar-refractivity contribution in [2.24, 2.45) is 16.2 Å². The van der Waals surface area contributed by atoms with Gasteiger partial charge in [0.2, 0.25) is 0 Å². The van der Waals surface area contributed by atoms with E-state index in [-0.39, 0.29) is 35.2 Å². The summed E-state index contributed by atoms with van der Waals surface area (Å²) in [6.45, 7) is 4.32. The number of nitrogens with zero attached hydrogens (tertiary/aromatic N) is 3. The van der Waals surface area contributed by atoms with Crippen molar-refractivity contribution in [2.75, 3.05) is 43.2 Å². The van der Waals surface area contributed by atoms with Gasteiger partial charge in [-0.3, -0.25) is 9.59 Å². The fraction of sp³-hybridized carbons (Fsp3) is 0.513. The number of amides is 1. The van der Waals surface area contributed by atoms with E-state index in [1.807, 2.05) is 12.1 Å². The maximum absolute atomic E-state index is 14.3. The van der Waals surface area contributed by atoms with Crippen LogP contribution in [-0.2, 0) is 37.5 Å². The van der Waals surface area contributed by atoms with Gasteiger partial charge in [-0.15, -0.1) is 0 Å². The molecular formula is C39H47N3O6S. The van der Waals surface area contributed by atoms with E-state index in [2.05, 4.69) is 51.7 Å². The smallest absolute Gasteiger partial charge is 0.285 e. The van der Waals surface area contributed by atoms with E-state index in [4.69, 9.17) is 14.0 Å². The van der Waals surface area contributed by atoms with Crippen LogP contribution in [0, 0.1) is 18.8 Å². The first-order chi connectivity index (χ1) is 23.7. The number of aromatic nitrogens is 1. The minimum absolute atomic E-state index is 0.0114. The number of allylic oxidation sites excluding steroid dienone is 1. The van der Waals surface area contributed by atoms with Crippen molar-refractivity contribution in [1.29, 1.82) is 0 Å². The first kappa shape index (κ1) is 33.7. The average Bonchev–Trinajstić information content (AvgIpc) is 3.55. The number of Topliss-reactive ketones (excluding diaryl/α,β-unsaturated/α-hetero) is 1. The van der Waals surface area contributed by atoms with Crippen molar-refractivity contribution >= 4 is 27.1 Å². The molecule has 3 aromatic rings. The fourth-order valence-corrected chi connectivity index (χ4v) is 10.3. The van der Waals surface area contributed by atoms with Crippen molar-refractivity contribution in [3.8, 4) is 5.75 Å². The van der Waals surface area contributed by atoms with Crippen molar-refractivity contribution < 1.29 is 27.8 Å². The lowest BCUT2D eigenvalue weighted by atomic mass is 9.68. The third-order valence-electron chi connectivity index (χ3n) is 11.1. The number of rotatable bonds is 6. The second kappa shape index (κ2) is 14.2. The minimum Gasteiger partial charge on any atom is -0.490 e. The number of hydrogen-bond donors (Lipinski definition) is 0. The second-order valence-electron chi connectivity index (χ2n) is 14.5. The Morgan fingerprint density at radius 2 is 2.06 bits per heavy atom. The molecule has 1 aromatic heterocycles. The van der Waals surface area contributed by atoms with Crippen molar-refractivity contribution in [1.82, 2.24) is 5.16 Å². The molecule has 9 nitrogen and oxygen atoms in total. The molecule has 2 aromatic carbocycles. The number of anilines is 1. The Hall–Kier alpha value is -3.76. The van der Waals surface area contributed by atoms with Crippen LogP contribution >= 0.6 is 0 Å². The molecular weight excluding hydrogens is 639 g/mol. The van der Waals surface area contributed by atoms with Gasteiger partial charge in [0.15, 0.2) is 0 Å². The van der Waals surface area contributed by atoms with Gasteiger partial charge in [-0.2, -0.15) is 4.36 Å². The van der Waals surface area contributed by atoms with E-state index >= 15 is 0 Å². The summed E-state index contributed by atoms with van der Waals surface area (Å²) in [4.78, 5) is 29.4. The van der Waals surface area contributed by atoms with Crippen LogP contribution in [0.3, 0.4) is 0 Å². The zero-order chi connectivity index (χ0) is 34.0. The second-order valence-corrected chi connectivity index (χ2v) is 16.9. The summed E-state index contributed by atoms with van der Waals surface area (Å²) >= 11 is 0. The molecule has 0 radical (unpaired) electrons. The standard InChI is InChI=1S/C39H47N3O6S/c1-27-9-15-34-29(19-27)7-6-17-39(34)25-42-22-31-11-14-33(31)36(46-2)8-4-3-5-18-49(45,24-32(43)13-10-28-21-40-48-23-28)41-38(44)30-12-16-37(47-26-39)35(42)20-30/h4,8-9,12,15-16,19-21,23,31,33,36H,3,5-7,10-11,13-14,17-18,22,24-26H2,1-2H3/b8-4+/t31-,33+,36-,39-,49+/m0/s1. The zero-order valence-electron chi connectivity index (χ0n) is 28.6. The molecule has 1 fully saturated rings. The van der Waals surface area contributed by atoms with Crippen LogP contribution in [0.15, 0.2) is 69.9 Å². The van der Waals surface area contributed by atoms with Gasteiger partial charge in [-0.1, -0.05) is 41.1 Å². The summed E-state index contributed by atoms with van der Waals surface area (Å²) in [5.74, 6) is 0.702. The highest BCUT2D eigenvalue weighted by Crippen LogP contribution is 2.47. The summed E-state index contributed by atoms with van der Waals surface area (Å²) < 4.78 is 36.2. The third-order valence-corrected chi connectivity index (χ3v) is 13.3. The number of ketones is 1. The maximum Gasteiger partial charge on any atom is 0.285 e. The van der Waals surface area contributed by atoms with Crippen LogP contribution in [0.4, 0.5) is 5.69 Å². The molecule has 0 unspecified atom stereocenters. The first-order valence-corrected chi connectivity index (χ1v) is 19.6. The highest BCUT2D eigenvalue weighted by Gasteiger charge is 2.44. The molecule has 7 rings (SSSR count). The Kier molecular flexibility index (Phi) is 9.79. The van der Waals surface area contributed by atoms with E-state index in [1.165, 1.54) is 23.0 Å². The highest BCUT2D eigenvalue weighted by atomic mass is 32.2. The van der Waals surface area contributed by atoms with Gasteiger partial charge >= 0.3 is 0 Å². The molecule has 260 valence electrons. The Bertz CT molecular complexity index is 1840. The number of fused-ring (bicyclic) bond motifs is 4. The number of hydrogen-bond acceptors (Lipinski definition) is 8. The van der Waals surface area contributed by atoms with Crippen molar-refractivity contribution in [3.05, 3.63) is 88.8 Å². The van der Waals surface area contributed by atoms with Gasteiger partial charge in [0, 0.05) is 48.9 Å². The molecule has 49 heavy (non-hydrogen) atoms. The topological polar surface area (TPSA) is 111 Å². The Morgan fingerprint density at radius 1 is 1.16 bits per heavy atom. The van der Waals surface area contributed by atoms with Crippen LogP contribution in [0.2, 0.25) is 0 Å². The maximum atomic E-state index is 14.3. The Labute approximate surface area is 289 Å². The van der Waals surface area contributed by atoms with Gasteiger partial charge in [0.05, 0.1) is 40.1 Å². The average molecular weight is 686 g/mol. The van der Waals surface area contributed by atoms with E-state index in [9.17, 15) is 13.8 Å². The molecule has 0 saturated heterocycles. The number of methoxy groups -OCH3 is 1. The molecule has 10 heteroatoms. The largest absolute Gasteiger partial charge is 0.490 e. The predicted octanol–water partition coefficient (Wildman–Crippen LogP) is 6.66. The molecule has 2 aliphatic carbocycles. The van der Waals surface area contributed by atoms with Crippen LogP contribution in [-0.4, -0.2) is 65.5 Å². The summed E-state index contributed by atoms with van der Waals surface area (Å²) in [6, 6.07) is 12.3.